The molecule has 6 nitrogen and oxygen atoms in total. The van der Waals surface area contributed by atoms with Crippen molar-refractivity contribution in [3.05, 3.63) is 93.5 Å². The summed E-state index contributed by atoms with van der Waals surface area (Å²) in [5.41, 5.74) is 0.999. The standard InChI is InChI=1S/C30H29Cl2F3N4O2/c31-20-10-18(11-21(32)13-20)17-39-24-8-9-25(39)15-23(14-24)38-28(40)16-36-29(41)26-6-1-2-7-27(26)37-22-5-3-4-19(12-22)30(33,34)35/h1-7,10-13,23-25,37H,8-9,14-17H2,(H,36,41)(H,38,40)/t24-,25-/m1/s1. The maximum absolute atomic E-state index is 13.1. The molecule has 2 fully saturated rings. The fourth-order valence-corrected chi connectivity index (χ4v) is 6.39. The largest absolute Gasteiger partial charge is 0.416 e. The molecular weight excluding hydrogens is 576 g/mol. The molecule has 3 aromatic carbocycles. The first kappa shape index (κ1) is 29.2. The van der Waals surface area contributed by atoms with E-state index in [4.69, 9.17) is 23.2 Å². The molecule has 41 heavy (non-hydrogen) atoms. The zero-order valence-corrected chi connectivity index (χ0v) is 23.5. The van der Waals surface area contributed by atoms with Gasteiger partial charge in [-0.25, -0.2) is 0 Å². The van der Waals surface area contributed by atoms with Gasteiger partial charge in [-0.15, -0.1) is 0 Å². The number of nitrogens with zero attached hydrogens (tertiary/aromatic N) is 1. The molecule has 3 aromatic rings. The number of hydrogen-bond donors (Lipinski definition) is 3. The van der Waals surface area contributed by atoms with Crippen molar-refractivity contribution >= 4 is 46.4 Å². The van der Waals surface area contributed by atoms with Gasteiger partial charge in [-0.2, -0.15) is 13.2 Å². The Morgan fingerprint density at radius 3 is 2.27 bits per heavy atom. The lowest BCUT2D eigenvalue weighted by molar-refractivity contribution is -0.137. The predicted octanol–water partition coefficient (Wildman–Crippen LogP) is 6.80. The Bertz CT molecular complexity index is 1400. The Morgan fingerprint density at radius 2 is 1.59 bits per heavy atom. The van der Waals surface area contributed by atoms with Crippen molar-refractivity contribution in [1.82, 2.24) is 15.5 Å². The molecule has 2 amide bonds. The van der Waals surface area contributed by atoms with Crippen molar-refractivity contribution in [2.75, 3.05) is 11.9 Å². The van der Waals surface area contributed by atoms with Gasteiger partial charge in [-0.1, -0.05) is 41.4 Å². The molecular formula is C30H29Cl2F3N4O2. The van der Waals surface area contributed by atoms with Crippen molar-refractivity contribution in [1.29, 1.82) is 0 Å². The van der Waals surface area contributed by atoms with Crippen LogP contribution in [-0.2, 0) is 17.5 Å². The lowest BCUT2D eigenvalue weighted by Crippen LogP contribution is -2.51. The van der Waals surface area contributed by atoms with Crippen LogP contribution in [0.5, 0.6) is 0 Å². The van der Waals surface area contributed by atoms with Crippen molar-refractivity contribution in [3.8, 4) is 0 Å². The lowest BCUT2D eigenvalue weighted by atomic mass is 9.96. The minimum absolute atomic E-state index is 0.00552. The lowest BCUT2D eigenvalue weighted by Gasteiger charge is -2.39. The number of hydrogen-bond acceptors (Lipinski definition) is 4. The third-order valence-electron chi connectivity index (χ3n) is 7.59. The van der Waals surface area contributed by atoms with Gasteiger partial charge in [-0.3, -0.25) is 14.5 Å². The molecule has 2 saturated heterocycles. The Morgan fingerprint density at radius 1 is 0.902 bits per heavy atom. The molecule has 2 atom stereocenters. The van der Waals surface area contributed by atoms with Crippen molar-refractivity contribution < 1.29 is 22.8 Å². The maximum atomic E-state index is 13.1. The highest BCUT2D eigenvalue weighted by Gasteiger charge is 2.41. The highest BCUT2D eigenvalue weighted by atomic mass is 35.5. The number of anilines is 2. The molecule has 0 aliphatic carbocycles. The SMILES string of the molecule is O=C(CNC(=O)c1ccccc1Nc1cccc(C(F)(F)F)c1)NC1C[C@H]2CC[C@H](C1)N2Cc1cc(Cl)cc(Cl)c1. The third-order valence-corrected chi connectivity index (χ3v) is 8.02. The second-order valence-corrected chi connectivity index (χ2v) is 11.4. The summed E-state index contributed by atoms with van der Waals surface area (Å²) in [5.74, 6) is -0.800. The van der Waals surface area contributed by atoms with Gasteiger partial charge in [0.2, 0.25) is 5.91 Å². The van der Waals surface area contributed by atoms with E-state index in [0.717, 1.165) is 49.9 Å². The molecule has 0 spiro atoms. The van der Waals surface area contributed by atoms with Gasteiger partial charge in [-0.05, 0) is 79.8 Å². The van der Waals surface area contributed by atoms with Gasteiger partial charge in [0.1, 0.15) is 0 Å². The van der Waals surface area contributed by atoms with E-state index in [1.807, 2.05) is 12.1 Å². The van der Waals surface area contributed by atoms with Crippen LogP contribution in [0.25, 0.3) is 0 Å². The van der Waals surface area contributed by atoms with Crippen molar-refractivity contribution in [2.24, 2.45) is 0 Å². The highest BCUT2D eigenvalue weighted by molar-refractivity contribution is 6.34. The smallest absolute Gasteiger partial charge is 0.355 e. The molecule has 2 heterocycles. The number of benzene rings is 3. The first-order chi connectivity index (χ1) is 19.5. The second kappa shape index (κ2) is 12.3. The summed E-state index contributed by atoms with van der Waals surface area (Å²) >= 11 is 12.3. The van der Waals surface area contributed by atoms with E-state index in [2.05, 4.69) is 20.9 Å². The highest BCUT2D eigenvalue weighted by Crippen LogP contribution is 2.37. The Labute approximate surface area is 246 Å². The quantitative estimate of drug-likeness (QED) is 0.264. The zero-order valence-electron chi connectivity index (χ0n) is 22.0. The monoisotopic (exact) mass is 604 g/mol. The van der Waals surface area contributed by atoms with Crippen LogP contribution < -0.4 is 16.0 Å². The number of carbonyl (C=O) groups excluding carboxylic acids is 2. The molecule has 5 rings (SSSR count). The van der Waals surface area contributed by atoms with Crippen molar-refractivity contribution in [3.63, 3.8) is 0 Å². The fraction of sp³-hybridized carbons (Fsp3) is 0.333. The summed E-state index contributed by atoms with van der Waals surface area (Å²) in [4.78, 5) is 28.1. The number of fused-ring (bicyclic) bond motifs is 2. The van der Waals surface area contributed by atoms with Gasteiger partial charge >= 0.3 is 6.18 Å². The topological polar surface area (TPSA) is 73.5 Å². The van der Waals surface area contributed by atoms with Gasteiger partial charge in [0.05, 0.1) is 23.4 Å². The van der Waals surface area contributed by atoms with E-state index in [1.54, 1.807) is 30.3 Å². The summed E-state index contributed by atoms with van der Waals surface area (Å²) in [6.45, 7) is 0.535. The van der Waals surface area contributed by atoms with Gasteiger partial charge in [0, 0.05) is 40.4 Å². The summed E-state index contributed by atoms with van der Waals surface area (Å²) in [5, 5.41) is 9.79. The molecule has 3 N–H and O–H groups in total. The predicted molar refractivity (Wildman–Crippen MR) is 153 cm³/mol. The Hall–Kier alpha value is -3.27. The van der Waals surface area contributed by atoms with Crippen LogP contribution in [-0.4, -0.2) is 41.4 Å². The van der Waals surface area contributed by atoms with E-state index in [1.165, 1.54) is 12.1 Å². The number of nitrogens with one attached hydrogen (secondary N) is 3. The van der Waals surface area contributed by atoms with Crippen molar-refractivity contribution in [2.45, 2.75) is 56.5 Å². The van der Waals surface area contributed by atoms with Crippen LogP contribution in [0.1, 0.15) is 47.2 Å². The molecule has 0 saturated carbocycles. The summed E-state index contributed by atoms with van der Waals surface area (Å²) in [6.07, 6.45) is -0.750. The number of piperidine rings is 1. The zero-order chi connectivity index (χ0) is 29.1. The van der Waals surface area contributed by atoms with Gasteiger partial charge in [0.25, 0.3) is 5.91 Å². The molecule has 0 aromatic heterocycles. The van der Waals surface area contributed by atoms with Crippen LogP contribution in [0, 0.1) is 0 Å². The van der Waals surface area contributed by atoms with Crippen LogP contribution in [0.4, 0.5) is 24.5 Å². The average Bonchev–Trinajstić information content (AvgIpc) is 3.13. The van der Waals surface area contributed by atoms with E-state index >= 15 is 0 Å². The number of alkyl halides is 3. The molecule has 2 aliphatic heterocycles. The molecule has 0 unspecified atom stereocenters. The second-order valence-electron chi connectivity index (χ2n) is 10.5. The maximum Gasteiger partial charge on any atom is 0.416 e. The van der Waals surface area contributed by atoms with Gasteiger partial charge in [0.15, 0.2) is 0 Å². The summed E-state index contributed by atoms with van der Waals surface area (Å²) < 4.78 is 39.3. The van der Waals surface area contributed by atoms with Crippen LogP contribution in [0.2, 0.25) is 10.0 Å². The normalized spacial score (nSPS) is 20.5. The molecule has 2 bridgehead atoms. The first-order valence-electron chi connectivity index (χ1n) is 13.4. The summed E-state index contributed by atoms with van der Waals surface area (Å²) in [7, 11) is 0. The molecule has 216 valence electrons. The van der Waals surface area contributed by atoms with Crippen LogP contribution in [0.3, 0.4) is 0 Å². The van der Waals surface area contributed by atoms with Crippen LogP contribution in [0.15, 0.2) is 66.7 Å². The van der Waals surface area contributed by atoms with Crippen LogP contribution >= 0.6 is 23.2 Å². The minimum atomic E-state index is -4.48. The number of amides is 2. The number of para-hydroxylation sites is 1. The molecule has 2 aliphatic rings. The number of halogens is 5. The average molecular weight is 605 g/mol. The Kier molecular flexibility index (Phi) is 8.77. The fourth-order valence-electron chi connectivity index (χ4n) is 5.82. The third kappa shape index (κ3) is 7.33. The Balaban J connectivity index is 1.14. The van der Waals surface area contributed by atoms with E-state index < -0.39 is 17.6 Å². The first-order valence-corrected chi connectivity index (χ1v) is 14.1. The van der Waals surface area contributed by atoms with Gasteiger partial charge < -0.3 is 16.0 Å². The number of carbonyl (C=O) groups is 2. The summed E-state index contributed by atoms with van der Waals surface area (Å²) in [6, 6.07) is 17.4. The molecule has 11 heteroatoms. The number of rotatable bonds is 8. The van der Waals surface area contributed by atoms with E-state index in [9.17, 15) is 22.8 Å². The molecule has 0 radical (unpaired) electrons. The minimum Gasteiger partial charge on any atom is -0.355 e. The van der Waals surface area contributed by atoms with E-state index in [0.29, 0.717) is 27.8 Å². The van der Waals surface area contributed by atoms with E-state index in [-0.39, 0.29) is 29.7 Å².